The fourth-order valence-corrected chi connectivity index (χ4v) is 6.61. The van der Waals surface area contributed by atoms with Gasteiger partial charge in [0, 0.05) is 61.3 Å². The van der Waals surface area contributed by atoms with E-state index in [1.807, 2.05) is 24.9 Å². The smallest absolute Gasteiger partial charge is 0.231 e. The summed E-state index contributed by atoms with van der Waals surface area (Å²) in [5.41, 5.74) is 1.80. The second kappa shape index (κ2) is 7.90. The van der Waals surface area contributed by atoms with E-state index in [0.717, 1.165) is 49.7 Å². The Labute approximate surface area is 185 Å². The second-order valence-electron chi connectivity index (χ2n) is 8.53. The third kappa shape index (κ3) is 3.50. The third-order valence-electron chi connectivity index (χ3n) is 6.57. The Kier molecular flexibility index (Phi) is 5.24. The van der Waals surface area contributed by atoms with E-state index in [1.165, 1.54) is 10.6 Å². The molecule has 5 rings (SSSR count). The molecule has 3 aromatic heterocycles. The summed E-state index contributed by atoms with van der Waals surface area (Å²) in [5.74, 6) is 0.455. The number of aromatic nitrogens is 3. The fourth-order valence-electron chi connectivity index (χ4n) is 5.26. The van der Waals surface area contributed by atoms with Crippen molar-refractivity contribution in [3.05, 3.63) is 56.4 Å². The number of nitrogens with zero attached hydrogens (tertiary/aromatic N) is 5. The van der Waals surface area contributed by atoms with Crippen molar-refractivity contribution in [2.75, 3.05) is 19.6 Å². The molecule has 8 heteroatoms. The molecule has 0 aromatic carbocycles. The van der Waals surface area contributed by atoms with Crippen LogP contribution in [0.2, 0.25) is 0 Å². The molecule has 1 spiro atoms. The van der Waals surface area contributed by atoms with Crippen LogP contribution in [-0.4, -0.2) is 50.1 Å². The summed E-state index contributed by atoms with van der Waals surface area (Å²) in [7, 11) is 1.99. The Bertz CT molecular complexity index is 1030. The summed E-state index contributed by atoms with van der Waals surface area (Å²) < 4.78 is 1.96. The molecule has 5 heterocycles. The van der Waals surface area contributed by atoms with E-state index in [0.29, 0.717) is 12.5 Å². The van der Waals surface area contributed by atoms with Crippen LogP contribution in [0.15, 0.2) is 35.2 Å². The number of carbonyl (C=O) groups is 1. The van der Waals surface area contributed by atoms with Crippen molar-refractivity contribution in [1.82, 2.24) is 24.6 Å². The number of thiophene rings is 1. The molecular formula is C22H27N5OS2. The SMILES string of the molecule is Cc1nc(CN2CCC[C@]3(CN(Cc4cccs4)C[C@H]3c3ccnn3C)C2=O)cs1. The Balaban J connectivity index is 1.45. The normalized spacial score (nSPS) is 24.9. The maximum atomic E-state index is 14.0. The fraction of sp³-hybridized carbons (Fsp3) is 0.500. The van der Waals surface area contributed by atoms with Crippen molar-refractivity contribution < 1.29 is 4.79 Å². The monoisotopic (exact) mass is 441 g/mol. The number of thiazole rings is 1. The lowest BCUT2D eigenvalue weighted by molar-refractivity contribution is -0.147. The van der Waals surface area contributed by atoms with E-state index in [-0.39, 0.29) is 11.3 Å². The van der Waals surface area contributed by atoms with Gasteiger partial charge in [0.25, 0.3) is 0 Å². The van der Waals surface area contributed by atoms with Crippen LogP contribution in [0.4, 0.5) is 0 Å². The number of rotatable bonds is 5. The molecule has 30 heavy (non-hydrogen) atoms. The largest absolute Gasteiger partial charge is 0.336 e. The molecule has 3 aromatic rings. The second-order valence-corrected chi connectivity index (χ2v) is 10.6. The highest BCUT2D eigenvalue weighted by molar-refractivity contribution is 7.10. The van der Waals surface area contributed by atoms with Crippen molar-refractivity contribution in [2.45, 2.75) is 38.8 Å². The van der Waals surface area contributed by atoms with E-state index in [9.17, 15) is 4.79 Å². The van der Waals surface area contributed by atoms with E-state index in [1.54, 1.807) is 22.7 Å². The minimum absolute atomic E-state index is 0.164. The molecule has 0 N–H and O–H groups in total. The Morgan fingerprint density at radius 3 is 2.87 bits per heavy atom. The number of amides is 1. The molecule has 0 radical (unpaired) electrons. The number of likely N-dealkylation sites (tertiary alicyclic amines) is 2. The van der Waals surface area contributed by atoms with Gasteiger partial charge in [0.2, 0.25) is 5.91 Å². The topological polar surface area (TPSA) is 54.3 Å². The number of carbonyl (C=O) groups excluding carboxylic acids is 1. The van der Waals surface area contributed by atoms with Gasteiger partial charge in [0.15, 0.2) is 0 Å². The highest BCUT2D eigenvalue weighted by Gasteiger charge is 2.55. The molecule has 0 aliphatic carbocycles. The minimum atomic E-state index is -0.381. The van der Waals surface area contributed by atoms with Crippen LogP contribution in [0, 0.1) is 12.3 Å². The molecule has 0 saturated carbocycles. The summed E-state index contributed by atoms with van der Waals surface area (Å²) in [6.45, 7) is 6.07. The molecule has 2 fully saturated rings. The van der Waals surface area contributed by atoms with Crippen LogP contribution in [0.3, 0.4) is 0 Å². The van der Waals surface area contributed by atoms with E-state index < -0.39 is 0 Å². The van der Waals surface area contributed by atoms with Crippen LogP contribution in [0.1, 0.15) is 40.0 Å². The van der Waals surface area contributed by atoms with Gasteiger partial charge in [-0.2, -0.15) is 5.10 Å². The lowest BCUT2D eigenvalue weighted by Crippen LogP contribution is -2.52. The first kappa shape index (κ1) is 19.9. The van der Waals surface area contributed by atoms with E-state index in [4.69, 9.17) is 0 Å². The number of hydrogen-bond acceptors (Lipinski definition) is 6. The highest BCUT2D eigenvalue weighted by atomic mass is 32.1. The summed E-state index contributed by atoms with van der Waals surface area (Å²) in [5, 5.41) is 9.69. The van der Waals surface area contributed by atoms with Gasteiger partial charge < -0.3 is 4.90 Å². The van der Waals surface area contributed by atoms with Gasteiger partial charge in [-0.25, -0.2) is 4.98 Å². The number of aryl methyl sites for hydroxylation is 2. The summed E-state index contributed by atoms with van der Waals surface area (Å²) >= 11 is 3.44. The molecule has 0 unspecified atom stereocenters. The molecule has 2 saturated heterocycles. The standard InChI is InChI=1S/C22H27N5OS2/c1-16-24-17(14-30-16)11-27-9-4-7-22(21(27)28)15-26(12-18-5-3-10-29-18)13-19(22)20-6-8-23-25(20)2/h3,5-6,8,10,14,19H,4,7,9,11-13,15H2,1-2H3/t19-,22+/m0/s1. The van der Waals surface area contributed by atoms with Gasteiger partial charge in [-0.3, -0.25) is 14.4 Å². The predicted molar refractivity (Wildman–Crippen MR) is 119 cm³/mol. The number of piperidine rings is 1. The van der Waals surface area contributed by atoms with Crippen LogP contribution >= 0.6 is 22.7 Å². The highest BCUT2D eigenvalue weighted by Crippen LogP contribution is 2.49. The summed E-state index contributed by atoms with van der Waals surface area (Å²) in [6.07, 6.45) is 3.83. The molecule has 2 aliphatic rings. The van der Waals surface area contributed by atoms with Gasteiger partial charge in [-0.1, -0.05) is 6.07 Å². The van der Waals surface area contributed by atoms with Crippen molar-refractivity contribution in [2.24, 2.45) is 12.5 Å². The van der Waals surface area contributed by atoms with Crippen molar-refractivity contribution in [3.63, 3.8) is 0 Å². The lowest BCUT2D eigenvalue weighted by Gasteiger charge is -2.42. The zero-order chi connectivity index (χ0) is 20.7. The van der Waals surface area contributed by atoms with Gasteiger partial charge in [-0.05, 0) is 37.3 Å². The first-order chi connectivity index (χ1) is 14.5. The Morgan fingerprint density at radius 1 is 1.27 bits per heavy atom. The van der Waals surface area contributed by atoms with Crippen LogP contribution in [-0.2, 0) is 24.9 Å². The van der Waals surface area contributed by atoms with Gasteiger partial charge >= 0.3 is 0 Å². The van der Waals surface area contributed by atoms with Crippen molar-refractivity contribution in [1.29, 1.82) is 0 Å². The maximum Gasteiger partial charge on any atom is 0.231 e. The molecule has 6 nitrogen and oxygen atoms in total. The van der Waals surface area contributed by atoms with Crippen LogP contribution < -0.4 is 0 Å². The van der Waals surface area contributed by atoms with Gasteiger partial charge in [-0.15, -0.1) is 22.7 Å². The number of hydrogen-bond donors (Lipinski definition) is 0. The third-order valence-corrected chi connectivity index (χ3v) is 8.26. The zero-order valence-electron chi connectivity index (χ0n) is 17.5. The molecule has 0 bridgehead atoms. The first-order valence-electron chi connectivity index (χ1n) is 10.5. The minimum Gasteiger partial charge on any atom is -0.336 e. The molecule has 1 amide bonds. The van der Waals surface area contributed by atoms with Crippen molar-refractivity contribution >= 4 is 28.6 Å². The summed E-state index contributed by atoms with van der Waals surface area (Å²) in [6, 6.07) is 6.39. The quantitative estimate of drug-likeness (QED) is 0.606. The predicted octanol–water partition coefficient (Wildman–Crippen LogP) is 3.65. The van der Waals surface area contributed by atoms with E-state index in [2.05, 4.69) is 48.8 Å². The van der Waals surface area contributed by atoms with E-state index >= 15 is 0 Å². The first-order valence-corrected chi connectivity index (χ1v) is 12.2. The van der Waals surface area contributed by atoms with Gasteiger partial charge in [0.05, 0.1) is 22.7 Å². The van der Waals surface area contributed by atoms with Gasteiger partial charge in [0.1, 0.15) is 0 Å². The Hall–Kier alpha value is -2.03. The maximum absolute atomic E-state index is 14.0. The molecule has 2 aliphatic heterocycles. The average molecular weight is 442 g/mol. The Morgan fingerprint density at radius 2 is 2.17 bits per heavy atom. The lowest BCUT2D eigenvalue weighted by atomic mass is 9.70. The summed E-state index contributed by atoms with van der Waals surface area (Å²) in [4.78, 5) is 24.5. The molecular weight excluding hydrogens is 414 g/mol. The van der Waals surface area contributed by atoms with Crippen molar-refractivity contribution in [3.8, 4) is 0 Å². The zero-order valence-corrected chi connectivity index (χ0v) is 19.1. The molecule has 2 atom stereocenters. The molecule has 158 valence electrons. The van der Waals surface area contributed by atoms with Crippen LogP contribution in [0.25, 0.3) is 0 Å². The average Bonchev–Trinajstić information content (AvgIpc) is 3.50. The van der Waals surface area contributed by atoms with Crippen LogP contribution in [0.5, 0.6) is 0 Å².